The maximum absolute atomic E-state index is 11.0. The van der Waals surface area contributed by atoms with E-state index in [2.05, 4.69) is 22.2 Å². The van der Waals surface area contributed by atoms with E-state index >= 15 is 0 Å². The number of para-hydroxylation sites is 2. The standard InChI is InChI=1S/C18H17ClN2O2S/c19-13-7-5-12(6-8-13)11-21-15-4-2-1-3-14(15)20-17(21)10-9-16(24)18(22)23/h1-8,16,24H,9-11H2,(H,22,23). The third-order valence-corrected chi connectivity index (χ3v) is 4.65. The van der Waals surface area contributed by atoms with E-state index in [9.17, 15) is 4.79 Å². The molecule has 2 aromatic carbocycles. The van der Waals surface area contributed by atoms with Gasteiger partial charge in [0.25, 0.3) is 0 Å². The van der Waals surface area contributed by atoms with Gasteiger partial charge in [-0.15, -0.1) is 0 Å². The van der Waals surface area contributed by atoms with E-state index in [0.717, 1.165) is 22.4 Å². The molecule has 1 heterocycles. The van der Waals surface area contributed by atoms with Gasteiger partial charge in [-0.2, -0.15) is 12.6 Å². The third-order valence-electron chi connectivity index (χ3n) is 3.91. The average Bonchev–Trinajstić information content (AvgIpc) is 2.92. The molecule has 0 bridgehead atoms. The summed E-state index contributed by atoms with van der Waals surface area (Å²) < 4.78 is 2.13. The zero-order chi connectivity index (χ0) is 17.1. The Morgan fingerprint density at radius 2 is 1.92 bits per heavy atom. The van der Waals surface area contributed by atoms with E-state index in [4.69, 9.17) is 16.7 Å². The number of carboxylic acid groups (broad SMARTS) is 1. The first kappa shape index (κ1) is 16.9. The van der Waals surface area contributed by atoms with Crippen LogP contribution >= 0.6 is 24.2 Å². The van der Waals surface area contributed by atoms with E-state index in [-0.39, 0.29) is 0 Å². The van der Waals surface area contributed by atoms with Gasteiger partial charge in [0.15, 0.2) is 0 Å². The minimum absolute atomic E-state index is 0.433. The number of nitrogens with zero attached hydrogens (tertiary/aromatic N) is 2. The zero-order valence-corrected chi connectivity index (χ0v) is 14.5. The molecule has 1 atom stereocenters. The highest BCUT2D eigenvalue weighted by molar-refractivity contribution is 7.81. The summed E-state index contributed by atoms with van der Waals surface area (Å²) in [5.74, 6) is -0.0369. The van der Waals surface area contributed by atoms with Crippen molar-refractivity contribution in [3.63, 3.8) is 0 Å². The van der Waals surface area contributed by atoms with Crippen molar-refractivity contribution < 1.29 is 9.90 Å². The van der Waals surface area contributed by atoms with E-state index in [1.807, 2.05) is 48.5 Å². The van der Waals surface area contributed by atoms with Gasteiger partial charge in [-0.1, -0.05) is 35.9 Å². The molecule has 124 valence electrons. The van der Waals surface area contributed by atoms with Crippen LogP contribution in [0.15, 0.2) is 48.5 Å². The molecule has 0 aliphatic rings. The molecule has 0 saturated heterocycles. The molecule has 0 amide bonds. The van der Waals surface area contributed by atoms with Crippen LogP contribution in [0, 0.1) is 0 Å². The van der Waals surface area contributed by atoms with Gasteiger partial charge in [0.1, 0.15) is 5.82 Å². The normalized spacial score (nSPS) is 12.4. The number of thiol groups is 1. The van der Waals surface area contributed by atoms with Crippen LogP contribution < -0.4 is 0 Å². The number of aliphatic carboxylic acids is 1. The third kappa shape index (κ3) is 3.74. The lowest BCUT2D eigenvalue weighted by Gasteiger charge is -2.11. The predicted octanol–water partition coefficient (Wildman–Crippen LogP) is 4.05. The molecule has 1 aromatic heterocycles. The predicted molar refractivity (Wildman–Crippen MR) is 99.0 cm³/mol. The second-order valence-electron chi connectivity index (χ2n) is 5.62. The largest absolute Gasteiger partial charge is 0.480 e. The number of fused-ring (bicyclic) bond motifs is 1. The summed E-state index contributed by atoms with van der Waals surface area (Å²) in [6, 6.07) is 15.6. The molecule has 0 radical (unpaired) electrons. The van der Waals surface area contributed by atoms with Crippen LogP contribution in [0.1, 0.15) is 17.8 Å². The molecule has 0 spiro atoms. The SMILES string of the molecule is O=C(O)C(S)CCc1nc2ccccc2n1Cc1ccc(Cl)cc1. The molecular weight excluding hydrogens is 344 g/mol. The molecule has 0 fully saturated rings. The van der Waals surface area contributed by atoms with E-state index in [1.54, 1.807) is 0 Å². The monoisotopic (exact) mass is 360 g/mol. The van der Waals surface area contributed by atoms with E-state index < -0.39 is 11.2 Å². The average molecular weight is 361 g/mol. The number of hydrogen-bond acceptors (Lipinski definition) is 3. The van der Waals surface area contributed by atoms with Crippen molar-refractivity contribution in [2.24, 2.45) is 0 Å². The second-order valence-corrected chi connectivity index (χ2v) is 6.68. The summed E-state index contributed by atoms with van der Waals surface area (Å²) in [7, 11) is 0. The van der Waals surface area contributed by atoms with Gasteiger partial charge in [0, 0.05) is 18.0 Å². The Morgan fingerprint density at radius 1 is 1.21 bits per heavy atom. The molecular formula is C18H17ClN2O2S. The highest BCUT2D eigenvalue weighted by Crippen LogP contribution is 2.21. The second kappa shape index (κ2) is 7.28. The Balaban J connectivity index is 1.92. The van der Waals surface area contributed by atoms with Gasteiger partial charge >= 0.3 is 5.97 Å². The van der Waals surface area contributed by atoms with Crippen molar-refractivity contribution in [3.8, 4) is 0 Å². The zero-order valence-electron chi connectivity index (χ0n) is 12.9. The molecule has 1 unspecified atom stereocenters. The maximum atomic E-state index is 11.0. The molecule has 4 nitrogen and oxygen atoms in total. The Kier molecular flexibility index (Phi) is 5.11. The van der Waals surface area contributed by atoms with Crippen LogP contribution in [0.3, 0.4) is 0 Å². The first-order valence-corrected chi connectivity index (χ1v) is 8.53. The minimum atomic E-state index is -0.904. The molecule has 0 saturated carbocycles. The van der Waals surface area contributed by atoms with Crippen molar-refractivity contribution in [2.45, 2.75) is 24.6 Å². The Labute approximate surface area is 150 Å². The summed E-state index contributed by atoms with van der Waals surface area (Å²) in [6.45, 7) is 0.664. The molecule has 1 N–H and O–H groups in total. The van der Waals surface area contributed by atoms with Gasteiger partial charge in [-0.25, -0.2) is 4.98 Å². The lowest BCUT2D eigenvalue weighted by molar-refractivity contribution is -0.136. The van der Waals surface area contributed by atoms with Crippen molar-refractivity contribution in [1.82, 2.24) is 9.55 Å². The van der Waals surface area contributed by atoms with E-state index in [1.165, 1.54) is 0 Å². The number of halogens is 1. The summed E-state index contributed by atoms with van der Waals surface area (Å²) >= 11 is 10.1. The van der Waals surface area contributed by atoms with Crippen LogP contribution in [0.5, 0.6) is 0 Å². The van der Waals surface area contributed by atoms with Gasteiger partial charge in [-0.05, 0) is 36.2 Å². The Morgan fingerprint density at radius 3 is 2.62 bits per heavy atom. The Hall–Kier alpha value is -1.98. The smallest absolute Gasteiger partial charge is 0.316 e. The van der Waals surface area contributed by atoms with Gasteiger partial charge < -0.3 is 9.67 Å². The van der Waals surface area contributed by atoms with Crippen LogP contribution in [-0.2, 0) is 17.8 Å². The first-order valence-electron chi connectivity index (χ1n) is 7.64. The highest BCUT2D eigenvalue weighted by atomic mass is 35.5. The molecule has 3 aromatic rings. The van der Waals surface area contributed by atoms with Crippen LogP contribution in [0.2, 0.25) is 5.02 Å². The fourth-order valence-corrected chi connectivity index (χ4v) is 2.91. The summed E-state index contributed by atoms with van der Waals surface area (Å²) in [5, 5.41) is 9.03. The maximum Gasteiger partial charge on any atom is 0.316 e. The Bertz CT molecular complexity index is 861. The number of aryl methyl sites for hydroxylation is 1. The fraction of sp³-hybridized carbons (Fsp3) is 0.222. The lowest BCUT2D eigenvalue weighted by atomic mass is 10.2. The lowest BCUT2D eigenvalue weighted by Crippen LogP contribution is -2.15. The van der Waals surface area contributed by atoms with Crippen molar-refractivity contribution in [1.29, 1.82) is 0 Å². The molecule has 0 aliphatic heterocycles. The topological polar surface area (TPSA) is 55.1 Å². The quantitative estimate of drug-likeness (QED) is 0.652. The van der Waals surface area contributed by atoms with Crippen LogP contribution in [-0.4, -0.2) is 25.9 Å². The molecule has 6 heteroatoms. The molecule has 24 heavy (non-hydrogen) atoms. The summed E-state index contributed by atoms with van der Waals surface area (Å²) in [4.78, 5) is 15.7. The number of benzene rings is 2. The summed E-state index contributed by atoms with van der Waals surface area (Å²) in [5.41, 5.74) is 3.06. The van der Waals surface area contributed by atoms with Gasteiger partial charge in [0.2, 0.25) is 0 Å². The number of hydrogen-bond donors (Lipinski definition) is 2. The summed E-state index contributed by atoms with van der Waals surface area (Å²) in [6.07, 6.45) is 0.991. The number of rotatable bonds is 6. The molecule has 0 aliphatic carbocycles. The van der Waals surface area contributed by atoms with Crippen LogP contribution in [0.4, 0.5) is 0 Å². The number of aromatic nitrogens is 2. The fourth-order valence-electron chi connectivity index (χ4n) is 2.65. The van der Waals surface area contributed by atoms with Gasteiger partial charge in [-0.3, -0.25) is 4.79 Å². The van der Waals surface area contributed by atoms with E-state index in [0.29, 0.717) is 24.4 Å². The van der Waals surface area contributed by atoms with Crippen molar-refractivity contribution >= 4 is 41.2 Å². The van der Waals surface area contributed by atoms with Gasteiger partial charge in [0.05, 0.1) is 16.3 Å². The highest BCUT2D eigenvalue weighted by Gasteiger charge is 2.16. The molecule has 3 rings (SSSR count). The number of imidazole rings is 1. The first-order chi connectivity index (χ1) is 11.5. The van der Waals surface area contributed by atoms with Crippen LogP contribution in [0.25, 0.3) is 11.0 Å². The number of carboxylic acids is 1. The van der Waals surface area contributed by atoms with Crippen molar-refractivity contribution in [2.75, 3.05) is 0 Å². The van der Waals surface area contributed by atoms with Crippen molar-refractivity contribution in [3.05, 3.63) is 64.9 Å². The minimum Gasteiger partial charge on any atom is -0.480 e. The number of carbonyl (C=O) groups is 1.